The molecule has 0 fully saturated rings. The lowest BCUT2D eigenvalue weighted by atomic mass is 9.89. The number of ketones is 1. The summed E-state index contributed by atoms with van der Waals surface area (Å²) in [6, 6.07) is 15.2. The van der Waals surface area contributed by atoms with Crippen LogP contribution in [0.4, 0.5) is 5.69 Å². The minimum atomic E-state index is -1.89. The second-order valence-corrected chi connectivity index (χ2v) is 10.2. The Balaban J connectivity index is 1.73. The Kier molecular flexibility index (Phi) is 5.90. The third-order valence-corrected chi connectivity index (χ3v) is 7.28. The van der Waals surface area contributed by atoms with Crippen molar-refractivity contribution in [1.82, 2.24) is 0 Å². The molecule has 4 nitrogen and oxygen atoms in total. The molecule has 1 N–H and O–H groups in total. The maximum absolute atomic E-state index is 13.5. The van der Waals surface area contributed by atoms with E-state index in [9.17, 15) is 14.7 Å². The van der Waals surface area contributed by atoms with Crippen LogP contribution in [0.25, 0.3) is 0 Å². The van der Waals surface area contributed by atoms with E-state index in [1.54, 1.807) is 23.1 Å². The van der Waals surface area contributed by atoms with Crippen LogP contribution in [0.15, 0.2) is 58.4 Å². The molecule has 1 aliphatic heterocycles. The lowest BCUT2D eigenvalue weighted by molar-refractivity contribution is -0.136. The van der Waals surface area contributed by atoms with E-state index in [1.807, 2.05) is 24.4 Å². The molecule has 6 heteroatoms. The van der Waals surface area contributed by atoms with Gasteiger partial charge in [0.15, 0.2) is 11.4 Å². The van der Waals surface area contributed by atoms with Crippen molar-refractivity contribution in [2.75, 3.05) is 4.90 Å². The highest BCUT2D eigenvalue weighted by Crippen LogP contribution is 2.45. The summed E-state index contributed by atoms with van der Waals surface area (Å²) >= 11 is 4.76. The number of aliphatic hydroxyl groups is 1. The Morgan fingerprint density at radius 3 is 2.65 bits per heavy atom. The number of fused-ring (bicyclic) bond motifs is 1. The fourth-order valence-electron chi connectivity index (χ4n) is 4.00. The van der Waals surface area contributed by atoms with Crippen molar-refractivity contribution >= 4 is 44.6 Å². The molecular formula is C25H24BrNO3S. The maximum atomic E-state index is 13.5. The second kappa shape index (κ2) is 8.34. The van der Waals surface area contributed by atoms with Crippen LogP contribution in [-0.2, 0) is 16.9 Å². The van der Waals surface area contributed by atoms with Gasteiger partial charge in [0.1, 0.15) is 0 Å². The number of rotatable bonds is 6. The van der Waals surface area contributed by atoms with Crippen LogP contribution in [0.3, 0.4) is 0 Å². The minimum Gasteiger partial charge on any atom is -0.375 e. The quantitative estimate of drug-likeness (QED) is 0.428. The summed E-state index contributed by atoms with van der Waals surface area (Å²) < 4.78 is 0.751. The normalized spacial score (nSPS) is 18.0. The molecule has 0 radical (unpaired) electrons. The van der Waals surface area contributed by atoms with Crippen molar-refractivity contribution in [3.05, 3.63) is 85.5 Å². The lowest BCUT2D eigenvalue weighted by Crippen LogP contribution is -2.41. The summed E-state index contributed by atoms with van der Waals surface area (Å²) in [5.74, 6) is -0.325. The van der Waals surface area contributed by atoms with Crippen LogP contribution >= 0.6 is 27.3 Å². The SMILES string of the molecule is Cc1ccc(C(C)C)cc1CN1C(=O)[C@@](O)(CC(=O)c2cccs2)c2cc(Br)ccc21. The number of anilines is 1. The van der Waals surface area contributed by atoms with E-state index >= 15 is 0 Å². The average molecular weight is 498 g/mol. The van der Waals surface area contributed by atoms with Gasteiger partial charge in [0.2, 0.25) is 0 Å². The van der Waals surface area contributed by atoms with Crippen LogP contribution < -0.4 is 4.90 Å². The number of benzene rings is 2. The van der Waals surface area contributed by atoms with E-state index in [4.69, 9.17) is 0 Å². The molecule has 2 heterocycles. The number of thiophene rings is 1. The van der Waals surface area contributed by atoms with Crippen LogP contribution in [0.2, 0.25) is 0 Å². The molecule has 0 aliphatic carbocycles. The monoisotopic (exact) mass is 497 g/mol. The molecule has 1 aromatic heterocycles. The summed E-state index contributed by atoms with van der Waals surface area (Å²) in [5.41, 5.74) is 2.54. The molecule has 4 rings (SSSR count). The van der Waals surface area contributed by atoms with Gasteiger partial charge in [-0.05, 0) is 59.2 Å². The highest BCUT2D eigenvalue weighted by atomic mass is 79.9. The molecule has 3 aromatic rings. The lowest BCUT2D eigenvalue weighted by Gasteiger charge is -2.23. The van der Waals surface area contributed by atoms with Gasteiger partial charge in [0, 0.05) is 10.0 Å². The van der Waals surface area contributed by atoms with E-state index in [0.29, 0.717) is 28.6 Å². The van der Waals surface area contributed by atoms with Crippen molar-refractivity contribution in [3.63, 3.8) is 0 Å². The summed E-state index contributed by atoms with van der Waals surface area (Å²) in [4.78, 5) is 28.5. The fourth-order valence-corrected chi connectivity index (χ4v) is 5.02. The molecular weight excluding hydrogens is 474 g/mol. The number of Topliss-reactive ketones (excluding diaryl/α,β-unsaturated/α-hetero) is 1. The molecule has 1 aliphatic rings. The van der Waals surface area contributed by atoms with Crippen LogP contribution in [0.5, 0.6) is 0 Å². The summed E-state index contributed by atoms with van der Waals surface area (Å²) in [6.07, 6.45) is -0.280. The number of amides is 1. The van der Waals surface area contributed by atoms with Crippen LogP contribution in [0.1, 0.15) is 58.1 Å². The molecule has 31 heavy (non-hydrogen) atoms. The molecule has 0 unspecified atom stereocenters. The van der Waals surface area contributed by atoms with E-state index < -0.39 is 11.5 Å². The Labute approximate surface area is 194 Å². The third-order valence-electron chi connectivity index (χ3n) is 5.87. The first-order valence-electron chi connectivity index (χ1n) is 10.2. The smallest absolute Gasteiger partial charge is 0.264 e. The van der Waals surface area contributed by atoms with Crippen molar-refractivity contribution < 1.29 is 14.7 Å². The number of hydrogen-bond acceptors (Lipinski definition) is 4. The van der Waals surface area contributed by atoms with Crippen LogP contribution in [0, 0.1) is 6.92 Å². The number of carbonyl (C=O) groups is 2. The predicted molar refractivity (Wildman–Crippen MR) is 128 cm³/mol. The third kappa shape index (κ3) is 4.00. The second-order valence-electron chi connectivity index (χ2n) is 8.33. The van der Waals surface area contributed by atoms with Gasteiger partial charge in [-0.1, -0.05) is 54.0 Å². The zero-order valence-corrected chi connectivity index (χ0v) is 20.1. The number of halogens is 1. The van der Waals surface area contributed by atoms with E-state index in [1.165, 1.54) is 16.9 Å². The topological polar surface area (TPSA) is 57.6 Å². The van der Waals surface area contributed by atoms with Gasteiger partial charge in [-0.25, -0.2) is 0 Å². The van der Waals surface area contributed by atoms with Crippen molar-refractivity contribution in [2.45, 2.75) is 45.3 Å². The fraction of sp³-hybridized carbons (Fsp3) is 0.280. The van der Waals surface area contributed by atoms with Gasteiger partial charge in [-0.3, -0.25) is 9.59 Å². The highest BCUT2D eigenvalue weighted by Gasteiger charge is 2.51. The molecule has 2 aromatic carbocycles. The standard InChI is InChI=1S/C25H24BrNO3S/c1-15(2)17-7-6-16(3)18(11-17)14-27-21-9-8-19(26)12-20(21)25(30,24(27)29)13-22(28)23-5-4-10-31-23/h4-12,15,30H,13-14H2,1-3H3/t25-/m1/s1. The van der Waals surface area contributed by atoms with E-state index in [2.05, 4.69) is 48.0 Å². The zero-order chi connectivity index (χ0) is 22.3. The number of hydrogen-bond donors (Lipinski definition) is 1. The average Bonchev–Trinajstić information content (AvgIpc) is 3.33. The van der Waals surface area contributed by atoms with Crippen molar-refractivity contribution in [2.24, 2.45) is 0 Å². The predicted octanol–water partition coefficient (Wildman–Crippen LogP) is 5.95. The largest absolute Gasteiger partial charge is 0.375 e. The highest BCUT2D eigenvalue weighted by molar-refractivity contribution is 9.10. The first-order valence-corrected chi connectivity index (χ1v) is 11.9. The molecule has 1 amide bonds. The molecule has 0 saturated heterocycles. The Morgan fingerprint density at radius 1 is 1.19 bits per heavy atom. The first-order chi connectivity index (χ1) is 14.7. The van der Waals surface area contributed by atoms with Gasteiger partial charge in [-0.2, -0.15) is 0 Å². The summed E-state index contributed by atoms with van der Waals surface area (Å²) in [7, 11) is 0. The Bertz CT molecular complexity index is 1160. The Morgan fingerprint density at radius 2 is 1.97 bits per heavy atom. The maximum Gasteiger partial charge on any atom is 0.264 e. The summed E-state index contributed by atoms with van der Waals surface area (Å²) in [6.45, 7) is 6.64. The molecule has 160 valence electrons. The molecule has 1 atom stereocenters. The number of carbonyl (C=O) groups excluding carboxylic acids is 2. The minimum absolute atomic E-state index is 0.239. The van der Waals surface area contributed by atoms with Crippen molar-refractivity contribution in [1.29, 1.82) is 0 Å². The van der Waals surface area contributed by atoms with Gasteiger partial charge in [-0.15, -0.1) is 11.3 Å². The van der Waals surface area contributed by atoms with Gasteiger partial charge in [0.05, 0.1) is 23.5 Å². The van der Waals surface area contributed by atoms with Gasteiger partial charge < -0.3 is 10.0 Å². The van der Waals surface area contributed by atoms with Crippen LogP contribution in [-0.4, -0.2) is 16.8 Å². The van der Waals surface area contributed by atoms with Crippen molar-refractivity contribution in [3.8, 4) is 0 Å². The molecule has 0 bridgehead atoms. The van der Waals surface area contributed by atoms with E-state index in [0.717, 1.165) is 15.6 Å². The molecule has 0 spiro atoms. The Hall–Kier alpha value is -2.28. The van der Waals surface area contributed by atoms with Gasteiger partial charge >= 0.3 is 0 Å². The number of aryl methyl sites for hydroxylation is 1. The molecule has 0 saturated carbocycles. The summed E-state index contributed by atoms with van der Waals surface area (Å²) in [5, 5.41) is 13.4. The number of nitrogens with zero attached hydrogens (tertiary/aromatic N) is 1. The van der Waals surface area contributed by atoms with Gasteiger partial charge in [0.25, 0.3) is 5.91 Å². The zero-order valence-electron chi connectivity index (χ0n) is 17.7. The van der Waals surface area contributed by atoms with E-state index in [-0.39, 0.29) is 12.2 Å². The first kappa shape index (κ1) is 21.9.